The van der Waals surface area contributed by atoms with Crippen molar-refractivity contribution in [3.63, 3.8) is 0 Å². The van der Waals surface area contributed by atoms with Gasteiger partial charge < -0.3 is 5.11 Å². The molecule has 0 aliphatic carbocycles. The fraction of sp³-hybridized carbons (Fsp3) is 0.727. The van der Waals surface area contributed by atoms with Gasteiger partial charge in [-0.1, -0.05) is 6.92 Å². The van der Waals surface area contributed by atoms with Gasteiger partial charge in [-0.2, -0.15) is 0 Å². The quantitative estimate of drug-likeness (QED) is 0.894. The van der Waals surface area contributed by atoms with Crippen LogP contribution in [0.3, 0.4) is 0 Å². The molecule has 1 N–H and O–H groups in total. The average molecular weight is 277 g/mol. The smallest absolute Gasteiger partial charge is 0.156 e. The van der Waals surface area contributed by atoms with Gasteiger partial charge in [0.05, 0.1) is 21.9 Å². The highest BCUT2D eigenvalue weighted by molar-refractivity contribution is 7.90. The van der Waals surface area contributed by atoms with Gasteiger partial charge in [0.15, 0.2) is 9.84 Å². The maximum atomic E-state index is 11.7. The molecule has 17 heavy (non-hydrogen) atoms. The molecule has 0 saturated heterocycles. The van der Waals surface area contributed by atoms with Crippen molar-refractivity contribution in [3.8, 4) is 0 Å². The van der Waals surface area contributed by atoms with E-state index in [1.54, 1.807) is 20.8 Å². The van der Waals surface area contributed by atoms with Crippen LogP contribution in [0, 0.1) is 6.92 Å². The molecule has 0 aromatic carbocycles. The summed E-state index contributed by atoms with van der Waals surface area (Å²) >= 11 is 1.28. The molecule has 1 aromatic rings. The molecule has 1 heterocycles. The Labute approximate surface area is 107 Å². The van der Waals surface area contributed by atoms with E-state index in [1.165, 1.54) is 11.3 Å². The minimum Gasteiger partial charge on any atom is -0.385 e. The van der Waals surface area contributed by atoms with Crippen molar-refractivity contribution in [1.82, 2.24) is 4.98 Å². The summed E-state index contributed by atoms with van der Waals surface area (Å²) in [7, 11) is -3.07. The fourth-order valence-electron chi connectivity index (χ4n) is 1.65. The van der Waals surface area contributed by atoms with Gasteiger partial charge in [0, 0.05) is 0 Å². The highest BCUT2D eigenvalue weighted by Crippen LogP contribution is 2.30. The first kappa shape index (κ1) is 14.6. The van der Waals surface area contributed by atoms with E-state index in [0.717, 1.165) is 4.88 Å². The van der Waals surface area contributed by atoms with E-state index in [-0.39, 0.29) is 11.5 Å². The van der Waals surface area contributed by atoms with E-state index in [4.69, 9.17) is 0 Å². The van der Waals surface area contributed by atoms with E-state index in [2.05, 4.69) is 4.98 Å². The van der Waals surface area contributed by atoms with Crippen molar-refractivity contribution in [2.75, 3.05) is 5.75 Å². The Kier molecular flexibility index (Phi) is 4.33. The van der Waals surface area contributed by atoms with Crippen LogP contribution in [0.2, 0.25) is 0 Å². The third kappa shape index (κ3) is 4.04. The molecule has 6 heteroatoms. The lowest BCUT2D eigenvalue weighted by molar-refractivity contribution is 0.0817. The standard InChI is InChI=1S/C11H19NO3S2/c1-5-6-17(14,15)7-9-12-8(2)10(16-9)11(3,4)13/h13H,5-7H2,1-4H3. The van der Waals surface area contributed by atoms with Crippen LogP contribution in [0.1, 0.15) is 42.8 Å². The summed E-state index contributed by atoms with van der Waals surface area (Å²) in [6.07, 6.45) is 0.616. The zero-order valence-electron chi connectivity index (χ0n) is 10.6. The molecular formula is C11H19NO3S2. The number of rotatable bonds is 5. The second kappa shape index (κ2) is 5.04. The zero-order chi connectivity index (χ0) is 13.3. The van der Waals surface area contributed by atoms with Gasteiger partial charge in [-0.3, -0.25) is 0 Å². The molecule has 0 atom stereocenters. The minimum absolute atomic E-state index is 0.0254. The zero-order valence-corrected chi connectivity index (χ0v) is 12.3. The molecule has 0 aliphatic heterocycles. The van der Waals surface area contributed by atoms with Gasteiger partial charge in [-0.25, -0.2) is 13.4 Å². The summed E-state index contributed by atoms with van der Waals surface area (Å²) in [6, 6.07) is 0. The van der Waals surface area contributed by atoms with Crippen molar-refractivity contribution in [3.05, 3.63) is 15.6 Å². The van der Waals surface area contributed by atoms with Crippen molar-refractivity contribution >= 4 is 21.2 Å². The van der Waals surface area contributed by atoms with Gasteiger partial charge in [0.1, 0.15) is 10.8 Å². The molecule has 0 radical (unpaired) electrons. The maximum absolute atomic E-state index is 11.7. The van der Waals surface area contributed by atoms with Gasteiger partial charge in [0.25, 0.3) is 0 Å². The molecule has 0 aliphatic rings. The van der Waals surface area contributed by atoms with Crippen LogP contribution in [0.4, 0.5) is 0 Å². The Balaban J connectivity index is 2.96. The van der Waals surface area contributed by atoms with Crippen LogP contribution in [-0.2, 0) is 21.2 Å². The van der Waals surface area contributed by atoms with Crippen molar-refractivity contribution in [1.29, 1.82) is 0 Å². The van der Waals surface area contributed by atoms with E-state index < -0.39 is 15.4 Å². The second-order valence-corrected chi connectivity index (χ2v) is 7.94. The first-order valence-electron chi connectivity index (χ1n) is 5.55. The number of aryl methyl sites for hydroxylation is 1. The summed E-state index contributed by atoms with van der Waals surface area (Å²) in [6.45, 7) is 6.99. The highest BCUT2D eigenvalue weighted by atomic mass is 32.2. The summed E-state index contributed by atoms with van der Waals surface area (Å²) < 4.78 is 23.3. The lowest BCUT2D eigenvalue weighted by Gasteiger charge is -2.14. The maximum Gasteiger partial charge on any atom is 0.156 e. The van der Waals surface area contributed by atoms with Gasteiger partial charge in [0.2, 0.25) is 0 Å². The van der Waals surface area contributed by atoms with E-state index in [1.807, 2.05) is 6.92 Å². The fourth-order valence-corrected chi connectivity index (χ4v) is 4.50. The molecule has 1 aromatic heterocycles. The topological polar surface area (TPSA) is 67.3 Å². The normalized spacial score (nSPS) is 13.0. The van der Waals surface area contributed by atoms with Crippen molar-refractivity contribution < 1.29 is 13.5 Å². The largest absolute Gasteiger partial charge is 0.385 e. The van der Waals surface area contributed by atoms with Crippen LogP contribution in [-0.4, -0.2) is 24.3 Å². The van der Waals surface area contributed by atoms with E-state index in [9.17, 15) is 13.5 Å². The average Bonchev–Trinajstić information content (AvgIpc) is 2.44. The molecule has 0 saturated carbocycles. The summed E-state index contributed by atoms with van der Waals surface area (Å²) in [5, 5.41) is 10.5. The van der Waals surface area contributed by atoms with Gasteiger partial charge in [-0.15, -0.1) is 11.3 Å². The predicted molar refractivity (Wildman–Crippen MR) is 69.9 cm³/mol. The predicted octanol–water partition coefficient (Wildman–Crippen LogP) is 2.00. The molecular weight excluding hydrogens is 258 g/mol. The summed E-state index contributed by atoms with van der Waals surface area (Å²) in [5.74, 6) is 0.159. The third-order valence-corrected chi connectivity index (χ3v) is 5.65. The monoisotopic (exact) mass is 277 g/mol. The summed E-state index contributed by atoms with van der Waals surface area (Å²) in [4.78, 5) is 4.96. The third-order valence-electron chi connectivity index (χ3n) is 2.26. The van der Waals surface area contributed by atoms with Crippen LogP contribution in [0.5, 0.6) is 0 Å². The molecule has 0 unspecified atom stereocenters. The molecule has 1 rings (SSSR count). The Hall–Kier alpha value is -0.460. The Morgan fingerprint density at radius 1 is 1.41 bits per heavy atom. The van der Waals surface area contributed by atoms with Gasteiger partial charge in [-0.05, 0) is 27.2 Å². The molecule has 0 fully saturated rings. The molecule has 0 bridgehead atoms. The number of nitrogens with zero attached hydrogens (tertiary/aromatic N) is 1. The van der Waals surface area contributed by atoms with Crippen LogP contribution in [0.15, 0.2) is 0 Å². The molecule has 98 valence electrons. The Morgan fingerprint density at radius 3 is 2.41 bits per heavy atom. The lowest BCUT2D eigenvalue weighted by Crippen LogP contribution is -2.14. The van der Waals surface area contributed by atoms with Crippen LogP contribution < -0.4 is 0 Å². The molecule has 0 amide bonds. The van der Waals surface area contributed by atoms with Crippen LogP contribution in [0.25, 0.3) is 0 Å². The van der Waals surface area contributed by atoms with Crippen LogP contribution >= 0.6 is 11.3 Å². The van der Waals surface area contributed by atoms with Crippen molar-refractivity contribution in [2.45, 2.75) is 45.5 Å². The number of aliphatic hydroxyl groups is 1. The second-order valence-electron chi connectivity index (χ2n) is 4.67. The number of thiazole rings is 1. The molecule has 4 nitrogen and oxygen atoms in total. The first-order chi connectivity index (χ1) is 7.65. The first-order valence-corrected chi connectivity index (χ1v) is 8.19. The van der Waals surface area contributed by atoms with E-state index >= 15 is 0 Å². The number of sulfone groups is 1. The number of hydrogen-bond acceptors (Lipinski definition) is 5. The molecule has 0 spiro atoms. The Morgan fingerprint density at radius 2 is 2.00 bits per heavy atom. The SMILES string of the molecule is CCCS(=O)(=O)Cc1nc(C)c(C(C)(C)O)s1. The van der Waals surface area contributed by atoms with Gasteiger partial charge >= 0.3 is 0 Å². The van der Waals surface area contributed by atoms with Crippen molar-refractivity contribution in [2.24, 2.45) is 0 Å². The Bertz CT molecular complexity index is 483. The highest BCUT2D eigenvalue weighted by Gasteiger charge is 2.24. The lowest BCUT2D eigenvalue weighted by atomic mass is 10.1. The minimum atomic E-state index is -3.07. The number of aromatic nitrogens is 1. The number of hydrogen-bond donors (Lipinski definition) is 1. The van der Waals surface area contributed by atoms with E-state index in [0.29, 0.717) is 17.1 Å². The summed E-state index contributed by atoms with van der Waals surface area (Å²) in [5.41, 5.74) is -0.252.